The second-order valence-electron chi connectivity index (χ2n) is 7.62. The van der Waals surface area contributed by atoms with E-state index in [1.807, 2.05) is 29.2 Å². The monoisotopic (exact) mass is 427 g/mol. The van der Waals surface area contributed by atoms with Gasteiger partial charge in [-0.2, -0.15) is 0 Å². The lowest BCUT2D eigenvalue weighted by Crippen LogP contribution is -2.54. The summed E-state index contributed by atoms with van der Waals surface area (Å²) in [6, 6.07) is 13.7. The van der Waals surface area contributed by atoms with E-state index in [9.17, 15) is 14.0 Å². The maximum absolute atomic E-state index is 13.0. The lowest BCUT2D eigenvalue weighted by atomic mass is 10.1. The molecular weight excluding hydrogens is 401 g/mol. The van der Waals surface area contributed by atoms with Crippen molar-refractivity contribution in [1.29, 1.82) is 0 Å². The lowest BCUT2D eigenvalue weighted by molar-refractivity contribution is -0.142. The zero-order chi connectivity index (χ0) is 21.6. The number of rotatable bonds is 6. The van der Waals surface area contributed by atoms with E-state index in [0.717, 1.165) is 11.3 Å². The Hall–Kier alpha value is -3.13. The molecule has 0 bridgehead atoms. The highest BCUT2D eigenvalue weighted by atomic mass is 19.1. The minimum Gasteiger partial charge on any atom is -0.477 e. The number of carbonyl (C=O) groups is 2. The molecule has 1 saturated heterocycles. The predicted molar refractivity (Wildman–Crippen MR) is 114 cm³/mol. The summed E-state index contributed by atoms with van der Waals surface area (Å²) in [5.41, 5.74) is 1.75. The highest BCUT2D eigenvalue weighted by molar-refractivity contribution is 5.86. The Balaban J connectivity index is 1.37. The summed E-state index contributed by atoms with van der Waals surface area (Å²) in [5.74, 6) is 0.0929. The van der Waals surface area contributed by atoms with Crippen LogP contribution >= 0.6 is 0 Å². The number of amides is 2. The average Bonchev–Trinajstić information content (AvgIpc) is 2.80. The molecule has 8 heteroatoms. The van der Waals surface area contributed by atoms with Crippen LogP contribution in [-0.2, 0) is 20.7 Å². The minimum atomic E-state index is -0.667. The third-order valence-corrected chi connectivity index (χ3v) is 5.44. The van der Waals surface area contributed by atoms with Gasteiger partial charge >= 0.3 is 0 Å². The van der Waals surface area contributed by atoms with Gasteiger partial charge in [0.15, 0.2) is 6.10 Å². The molecule has 0 aliphatic carbocycles. The van der Waals surface area contributed by atoms with Crippen LogP contribution in [0, 0.1) is 5.82 Å². The van der Waals surface area contributed by atoms with Crippen LogP contribution in [0.15, 0.2) is 48.5 Å². The van der Waals surface area contributed by atoms with E-state index in [4.69, 9.17) is 9.47 Å². The maximum atomic E-state index is 13.0. The maximum Gasteiger partial charge on any atom is 0.265 e. The van der Waals surface area contributed by atoms with E-state index in [1.165, 1.54) is 12.1 Å². The number of nitrogens with zero attached hydrogens (tertiary/aromatic N) is 2. The molecular formula is C23H26FN3O4. The normalized spacial score (nSPS) is 18.2. The molecule has 1 unspecified atom stereocenters. The van der Waals surface area contributed by atoms with Crippen LogP contribution in [0.4, 0.5) is 10.1 Å². The number of hydrogen-bond donors (Lipinski definition) is 1. The van der Waals surface area contributed by atoms with Crippen molar-refractivity contribution in [2.24, 2.45) is 0 Å². The van der Waals surface area contributed by atoms with Gasteiger partial charge in [-0.3, -0.25) is 9.59 Å². The Morgan fingerprint density at radius 1 is 1.06 bits per heavy atom. The molecule has 2 aromatic rings. The van der Waals surface area contributed by atoms with E-state index in [0.29, 0.717) is 51.6 Å². The van der Waals surface area contributed by atoms with Crippen molar-refractivity contribution in [1.82, 2.24) is 10.2 Å². The number of morpholine rings is 1. The molecule has 4 rings (SSSR count). The Morgan fingerprint density at radius 2 is 1.81 bits per heavy atom. The van der Waals surface area contributed by atoms with E-state index < -0.39 is 6.10 Å². The SMILES string of the molecule is O=C(CN1CC(C(=O)N2CCOCC2)Oc2ccccc21)NCCc1ccc(F)cc1. The van der Waals surface area contributed by atoms with Gasteiger partial charge < -0.3 is 24.6 Å². The molecule has 2 heterocycles. The van der Waals surface area contributed by atoms with Gasteiger partial charge in [0.25, 0.3) is 5.91 Å². The molecule has 164 valence electrons. The molecule has 0 saturated carbocycles. The number of carbonyl (C=O) groups excluding carboxylic acids is 2. The van der Waals surface area contributed by atoms with Crippen LogP contribution < -0.4 is 15.0 Å². The molecule has 2 aliphatic heterocycles. The summed E-state index contributed by atoms with van der Waals surface area (Å²) in [6.07, 6.45) is -0.0517. The summed E-state index contributed by atoms with van der Waals surface area (Å²) in [5, 5.41) is 2.90. The fourth-order valence-electron chi connectivity index (χ4n) is 3.80. The van der Waals surface area contributed by atoms with E-state index >= 15 is 0 Å². The molecule has 0 aromatic heterocycles. The number of halogens is 1. The molecule has 2 aromatic carbocycles. The first-order chi connectivity index (χ1) is 15.1. The van der Waals surface area contributed by atoms with Gasteiger partial charge in [-0.1, -0.05) is 24.3 Å². The van der Waals surface area contributed by atoms with Crippen molar-refractivity contribution >= 4 is 17.5 Å². The van der Waals surface area contributed by atoms with Crippen molar-refractivity contribution in [3.05, 3.63) is 59.9 Å². The van der Waals surface area contributed by atoms with E-state index in [1.54, 1.807) is 17.0 Å². The number of nitrogens with one attached hydrogen (secondary N) is 1. The van der Waals surface area contributed by atoms with Gasteiger partial charge in [0.1, 0.15) is 11.6 Å². The molecule has 7 nitrogen and oxygen atoms in total. The summed E-state index contributed by atoms with van der Waals surface area (Å²) in [6.45, 7) is 3.01. The van der Waals surface area contributed by atoms with Crippen molar-refractivity contribution in [3.8, 4) is 5.75 Å². The molecule has 2 amide bonds. The van der Waals surface area contributed by atoms with Crippen molar-refractivity contribution in [2.45, 2.75) is 12.5 Å². The fourth-order valence-corrected chi connectivity index (χ4v) is 3.80. The zero-order valence-electron chi connectivity index (χ0n) is 17.3. The topological polar surface area (TPSA) is 71.1 Å². The van der Waals surface area contributed by atoms with Crippen molar-refractivity contribution in [2.75, 3.05) is 50.8 Å². The summed E-state index contributed by atoms with van der Waals surface area (Å²) in [7, 11) is 0. The smallest absolute Gasteiger partial charge is 0.265 e. The van der Waals surface area contributed by atoms with E-state index in [2.05, 4.69) is 5.32 Å². The molecule has 2 aliphatic rings. The van der Waals surface area contributed by atoms with Crippen LogP contribution in [-0.4, -0.2) is 68.8 Å². The number of benzene rings is 2. The molecule has 1 atom stereocenters. The van der Waals surface area contributed by atoms with Crippen LogP contribution in [0.2, 0.25) is 0 Å². The summed E-state index contributed by atoms with van der Waals surface area (Å²) < 4.78 is 24.3. The van der Waals surface area contributed by atoms with E-state index in [-0.39, 0.29) is 24.2 Å². The van der Waals surface area contributed by atoms with Crippen molar-refractivity contribution < 1.29 is 23.5 Å². The highest BCUT2D eigenvalue weighted by Gasteiger charge is 2.34. The minimum absolute atomic E-state index is 0.0838. The van der Waals surface area contributed by atoms with Gasteiger partial charge in [0, 0.05) is 19.6 Å². The Kier molecular flexibility index (Phi) is 6.66. The number of fused-ring (bicyclic) bond motifs is 1. The highest BCUT2D eigenvalue weighted by Crippen LogP contribution is 2.33. The third-order valence-electron chi connectivity index (χ3n) is 5.44. The quantitative estimate of drug-likeness (QED) is 0.759. The Morgan fingerprint density at radius 3 is 2.58 bits per heavy atom. The third kappa shape index (κ3) is 5.32. The van der Waals surface area contributed by atoms with Gasteiger partial charge in [0.05, 0.1) is 32.0 Å². The second-order valence-corrected chi connectivity index (χ2v) is 7.62. The second kappa shape index (κ2) is 9.78. The van der Waals surface area contributed by atoms with Crippen LogP contribution in [0.1, 0.15) is 5.56 Å². The summed E-state index contributed by atoms with van der Waals surface area (Å²) in [4.78, 5) is 29.2. The molecule has 1 N–H and O–H groups in total. The number of anilines is 1. The lowest BCUT2D eigenvalue weighted by Gasteiger charge is -2.38. The number of hydrogen-bond acceptors (Lipinski definition) is 5. The summed E-state index contributed by atoms with van der Waals surface area (Å²) >= 11 is 0. The van der Waals surface area contributed by atoms with Gasteiger partial charge in [-0.05, 0) is 36.2 Å². The van der Waals surface area contributed by atoms with Crippen LogP contribution in [0.5, 0.6) is 5.75 Å². The fraction of sp³-hybridized carbons (Fsp3) is 0.391. The standard InChI is InChI=1S/C23H26FN3O4/c24-18-7-5-17(6-8-18)9-10-25-22(28)16-27-15-21(23(29)26-11-13-30-14-12-26)31-20-4-2-1-3-19(20)27/h1-8,21H,9-16H2,(H,25,28). The van der Waals surface area contributed by atoms with Crippen molar-refractivity contribution in [3.63, 3.8) is 0 Å². The first-order valence-electron chi connectivity index (χ1n) is 10.5. The average molecular weight is 427 g/mol. The number of ether oxygens (including phenoxy) is 2. The largest absolute Gasteiger partial charge is 0.477 e. The number of para-hydroxylation sites is 2. The van der Waals surface area contributed by atoms with Gasteiger partial charge in [-0.25, -0.2) is 4.39 Å². The van der Waals surface area contributed by atoms with Crippen LogP contribution in [0.3, 0.4) is 0 Å². The van der Waals surface area contributed by atoms with Gasteiger partial charge in [0.2, 0.25) is 5.91 Å². The Labute approximate surface area is 180 Å². The Bertz CT molecular complexity index is 915. The molecule has 0 radical (unpaired) electrons. The first-order valence-corrected chi connectivity index (χ1v) is 10.5. The van der Waals surface area contributed by atoms with Crippen LogP contribution in [0.25, 0.3) is 0 Å². The predicted octanol–water partition coefficient (Wildman–Crippen LogP) is 1.61. The molecule has 31 heavy (non-hydrogen) atoms. The molecule has 0 spiro atoms. The first kappa shape index (κ1) is 21.1. The van der Waals surface area contributed by atoms with Gasteiger partial charge in [-0.15, -0.1) is 0 Å². The zero-order valence-corrected chi connectivity index (χ0v) is 17.3. The molecule has 1 fully saturated rings.